The summed E-state index contributed by atoms with van der Waals surface area (Å²) >= 11 is 8.78. The Hall–Kier alpha value is -1.07. The standard InChI is InChI=1S/C13H14BrN3S/c1-8(2)6-10-11(14)13(18)17-12(16-10)9-4-3-5-15-7-9/h3-5,7-8H,6H2,1-2H3,(H,16,17,18). The second-order valence-electron chi connectivity index (χ2n) is 4.52. The third kappa shape index (κ3) is 3.03. The van der Waals surface area contributed by atoms with Gasteiger partial charge in [0.05, 0.1) is 4.47 Å². The Kier molecular flexibility index (Phi) is 4.24. The van der Waals surface area contributed by atoms with Gasteiger partial charge in [0.25, 0.3) is 0 Å². The number of halogens is 1. The van der Waals surface area contributed by atoms with E-state index in [1.54, 1.807) is 12.4 Å². The van der Waals surface area contributed by atoms with Gasteiger partial charge in [-0.05, 0) is 40.4 Å². The van der Waals surface area contributed by atoms with Gasteiger partial charge in [-0.25, -0.2) is 4.98 Å². The van der Waals surface area contributed by atoms with Crippen LogP contribution in [0, 0.1) is 10.6 Å². The molecule has 0 aromatic carbocycles. The normalized spacial score (nSPS) is 10.9. The molecule has 0 spiro atoms. The highest BCUT2D eigenvalue weighted by Crippen LogP contribution is 2.22. The van der Waals surface area contributed by atoms with Crippen molar-refractivity contribution in [3.63, 3.8) is 0 Å². The minimum absolute atomic E-state index is 0.552. The van der Waals surface area contributed by atoms with E-state index in [1.807, 2.05) is 12.1 Å². The molecule has 2 aromatic heterocycles. The van der Waals surface area contributed by atoms with E-state index in [2.05, 4.69) is 44.7 Å². The number of aromatic amines is 1. The Morgan fingerprint density at radius 2 is 2.22 bits per heavy atom. The molecule has 0 saturated carbocycles. The topological polar surface area (TPSA) is 41.6 Å². The molecule has 18 heavy (non-hydrogen) atoms. The Morgan fingerprint density at radius 1 is 1.44 bits per heavy atom. The molecule has 94 valence electrons. The maximum absolute atomic E-state index is 5.28. The van der Waals surface area contributed by atoms with Gasteiger partial charge < -0.3 is 4.98 Å². The van der Waals surface area contributed by atoms with Gasteiger partial charge in [0, 0.05) is 23.7 Å². The molecule has 5 heteroatoms. The number of aromatic nitrogens is 3. The highest BCUT2D eigenvalue weighted by molar-refractivity contribution is 9.10. The van der Waals surface area contributed by atoms with Crippen LogP contribution < -0.4 is 0 Å². The fourth-order valence-corrected chi connectivity index (χ4v) is 2.26. The summed E-state index contributed by atoms with van der Waals surface area (Å²) in [6.45, 7) is 4.35. The molecule has 0 radical (unpaired) electrons. The van der Waals surface area contributed by atoms with E-state index >= 15 is 0 Å². The van der Waals surface area contributed by atoms with E-state index in [4.69, 9.17) is 12.2 Å². The summed E-state index contributed by atoms with van der Waals surface area (Å²) in [5, 5.41) is 0. The molecule has 0 aliphatic heterocycles. The molecule has 2 rings (SSSR count). The predicted octanol–water partition coefficient (Wildman–Crippen LogP) is 4.16. The molecule has 2 heterocycles. The fourth-order valence-electron chi connectivity index (χ4n) is 1.69. The molecule has 1 N–H and O–H groups in total. The van der Waals surface area contributed by atoms with Gasteiger partial charge in [-0.15, -0.1) is 0 Å². The first kappa shape index (κ1) is 13.4. The third-order valence-corrected chi connectivity index (χ3v) is 3.89. The quantitative estimate of drug-likeness (QED) is 0.862. The zero-order valence-electron chi connectivity index (χ0n) is 10.3. The van der Waals surface area contributed by atoms with Gasteiger partial charge >= 0.3 is 0 Å². The average Bonchev–Trinajstić information content (AvgIpc) is 2.35. The second kappa shape index (κ2) is 5.71. The first-order valence-electron chi connectivity index (χ1n) is 5.77. The van der Waals surface area contributed by atoms with Crippen LogP contribution in [-0.4, -0.2) is 15.0 Å². The zero-order valence-corrected chi connectivity index (χ0v) is 12.7. The summed E-state index contributed by atoms with van der Waals surface area (Å²) in [7, 11) is 0. The van der Waals surface area contributed by atoms with Crippen LogP contribution in [0.15, 0.2) is 29.0 Å². The third-order valence-electron chi connectivity index (χ3n) is 2.48. The van der Waals surface area contributed by atoms with E-state index in [1.165, 1.54) is 0 Å². The van der Waals surface area contributed by atoms with Crippen molar-refractivity contribution in [1.82, 2.24) is 15.0 Å². The Balaban J connectivity index is 2.51. The molecule has 0 aliphatic rings. The molecule has 0 bridgehead atoms. The van der Waals surface area contributed by atoms with E-state index in [0.29, 0.717) is 10.6 Å². The van der Waals surface area contributed by atoms with Gasteiger partial charge in [-0.1, -0.05) is 26.1 Å². The number of nitrogens with zero attached hydrogens (tertiary/aromatic N) is 2. The molecule has 3 nitrogen and oxygen atoms in total. The number of pyridine rings is 1. The summed E-state index contributed by atoms with van der Waals surface area (Å²) in [4.78, 5) is 11.8. The molecular formula is C13H14BrN3S. The molecular weight excluding hydrogens is 310 g/mol. The first-order valence-corrected chi connectivity index (χ1v) is 6.97. The summed E-state index contributed by atoms with van der Waals surface area (Å²) in [5.74, 6) is 1.32. The van der Waals surface area contributed by atoms with Crippen molar-refractivity contribution in [2.24, 2.45) is 5.92 Å². The maximum atomic E-state index is 5.28. The van der Waals surface area contributed by atoms with E-state index in [0.717, 1.165) is 28.0 Å². The van der Waals surface area contributed by atoms with Crippen LogP contribution in [0.25, 0.3) is 11.4 Å². The molecule has 2 aromatic rings. The van der Waals surface area contributed by atoms with Crippen molar-refractivity contribution in [3.8, 4) is 11.4 Å². The first-order chi connectivity index (χ1) is 8.58. The highest BCUT2D eigenvalue weighted by atomic mass is 79.9. The van der Waals surface area contributed by atoms with Crippen molar-refractivity contribution < 1.29 is 0 Å². The van der Waals surface area contributed by atoms with Crippen LogP contribution in [0.1, 0.15) is 19.5 Å². The van der Waals surface area contributed by atoms with Gasteiger partial charge in [0.2, 0.25) is 0 Å². The summed E-state index contributed by atoms with van der Waals surface area (Å²) in [6, 6.07) is 3.85. The van der Waals surface area contributed by atoms with E-state index < -0.39 is 0 Å². The summed E-state index contributed by atoms with van der Waals surface area (Å²) < 4.78 is 1.47. The summed E-state index contributed by atoms with van der Waals surface area (Å²) in [5.41, 5.74) is 2.03. The number of nitrogens with one attached hydrogen (secondary N) is 1. The number of H-pyrrole nitrogens is 1. The average molecular weight is 324 g/mol. The Labute approximate surface area is 120 Å². The molecule has 0 fully saturated rings. The lowest BCUT2D eigenvalue weighted by Gasteiger charge is -2.10. The van der Waals surface area contributed by atoms with Crippen LogP contribution in [-0.2, 0) is 6.42 Å². The number of rotatable bonds is 3. The summed E-state index contributed by atoms with van der Waals surface area (Å²) in [6.07, 6.45) is 4.45. The van der Waals surface area contributed by atoms with Crippen molar-refractivity contribution in [3.05, 3.63) is 39.3 Å². The molecule has 0 amide bonds. The zero-order chi connectivity index (χ0) is 13.1. The van der Waals surface area contributed by atoms with Crippen molar-refractivity contribution in [2.75, 3.05) is 0 Å². The van der Waals surface area contributed by atoms with Gasteiger partial charge in [-0.2, -0.15) is 0 Å². The molecule has 0 saturated heterocycles. The SMILES string of the molecule is CC(C)Cc1[nH]c(-c2cccnc2)nc(=S)c1Br. The minimum atomic E-state index is 0.552. The van der Waals surface area contributed by atoms with Gasteiger partial charge in [0.15, 0.2) is 0 Å². The monoisotopic (exact) mass is 323 g/mol. The van der Waals surface area contributed by atoms with Crippen LogP contribution in [0.3, 0.4) is 0 Å². The van der Waals surface area contributed by atoms with Crippen LogP contribution >= 0.6 is 28.1 Å². The Bertz CT molecular complexity index is 593. The van der Waals surface area contributed by atoms with Gasteiger partial charge in [0.1, 0.15) is 10.5 Å². The van der Waals surface area contributed by atoms with Gasteiger partial charge in [-0.3, -0.25) is 4.98 Å². The van der Waals surface area contributed by atoms with Crippen molar-refractivity contribution in [1.29, 1.82) is 0 Å². The smallest absolute Gasteiger partial charge is 0.144 e. The molecule has 0 aliphatic carbocycles. The lowest BCUT2D eigenvalue weighted by Crippen LogP contribution is -2.02. The lowest BCUT2D eigenvalue weighted by molar-refractivity contribution is 0.632. The highest BCUT2D eigenvalue weighted by Gasteiger charge is 2.09. The Morgan fingerprint density at radius 3 is 2.83 bits per heavy atom. The maximum Gasteiger partial charge on any atom is 0.144 e. The van der Waals surface area contributed by atoms with Crippen LogP contribution in [0.4, 0.5) is 0 Å². The fraction of sp³-hybridized carbons (Fsp3) is 0.308. The largest absolute Gasteiger partial charge is 0.342 e. The van der Waals surface area contributed by atoms with Crippen LogP contribution in [0.2, 0.25) is 0 Å². The van der Waals surface area contributed by atoms with Crippen molar-refractivity contribution in [2.45, 2.75) is 20.3 Å². The lowest BCUT2D eigenvalue weighted by atomic mass is 10.1. The van der Waals surface area contributed by atoms with E-state index in [-0.39, 0.29) is 0 Å². The number of hydrogen-bond acceptors (Lipinski definition) is 3. The molecule has 0 atom stereocenters. The minimum Gasteiger partial charge on any atom is -0.342 e. The molecule has 0 unspecified atom stereocenters. The van der Waals surface area contributed by atoms with E-state index in [9.17, 15) is 0 Å². The van der Waals surface area contributed by atoms with Crippen LogP contribution in [0.5, 0.6) is 0 Å². The van der Waals surface area contributed by atoms with Crippen molar-refractivity contribution >= 4 is 28.1 Å². The predicted molar refractivity (Wildman–Crippen MR) is 78.9 cm³/mol. The second-order valence-corrected chi connectivity index (χ2v) is 5.70. The number of hydrogen-bond donors (Lipinski definition) is 1.